The van der Waals surface area contributed by atoms with Gasteiger partial charge in [0.1, 0.15) is 0 Å². The van der Waals surface area contributed by atoms with E-state index in [4.69, 9.17) is 0 Å². The second kappa shape index (κ2) is 3.95. The maximum absolute atomic E-state index is 11.4. The predicted octanol–water partition coefficient (Wildman–Crippen LogP) is 1.93. The summed E-state index contributed by atoms with van der Waals surface area (Å²) < 4.78 is 22.8. The van der Waals surface area contributed by atoms with Gasteiger partial charge in [0, 0.05) is 11.5 Å². The molecule has 0 N–H and O–H groups in total. The molecule has 2 saturated heterocycles. The van der Waals surface area contributed by atoms with Gasteiger partial charge in [-0.3, -0.25) is 0 Å². The first-order chi connectivity index (χ1) is 7.61. The standard InChI is InChI=1S/C13H25NO2S/c1-12(2,3)7-11-8-13(5-6-14(11)4)9-17(15,16)10-13/h11H,5-10H2,1-4H3. The first kappa shape index (κ1) is 13.3. The molecular formula is C13H25NO2S. The molecule has 2 fully saturated rings. The molecule has 1 atom stereocenters. The van der Waals surface area contributed by atoms with Crippen LogP contribution in [0.3, 0.4) is 0 Å². The van der Waals surface area contributed by atoms with E-state index in [0.29, 0.717) is 23.0 Å². The topological polar surface area (TPSA) is 37.4 Å². The molecule has 2 aliphatic heterocycles. The maximum Gasteiger partial charge on any atom is 0.151 e. The van der Waals surface area contributed by atoms with Crippen molar-refractivity contribution in [1.82, 2.24) is 4.90 Å². The molecule has 0 aromatic heterocycles. The number of likely N-dealkylation sites (tertiary alicyclic amines) is 1. The highest BCUT2D eigenvalue weighted by Gasteiger charge is 2.51. The molecule has 2 aliphatic rings. The first-order valence-electron chi connectivity index (χ1n) is 6.52. The van der Waals surface area contributed by atoms with Crippen molar-refractivity contribution >= 4 is 9.84 Å². The zero-order valence-corrected chi connectivity index (χ0v) is 12.3. The molecule has 17 heavy (non-hydrogen) atoms. The number of sulfone groups is 1. The highest BCUT2D eigenvalue weighted by atomic mass is 32.2. The van der Waals surface area contributed by atoms with Crippen molar-refractivity contribution in [2.75, 3.05) is 25.1 Å². The molecule has 1 unspecified atom stereocenters. The molecule has 0 saturated carbocycles. The van der Waals surface area contributed by atoms with Gasteiger partial charge in [-0.2, -0.15) is 0 Å². The second-order valence-electron chi connectivity index (χ2n) is 7.39. The fourth-order valence-electron chi connectivity index (χ4n) is 3.44. The largest absolute Gasteiger partial charge is 0.303 e. The third kappa shape index (κ3) is 3.02. The van der Waals surface area contributed by atoms with E-state index in [1.165, 1.54) is 0 Å². The van der Waals surface area contributed by atoms with E-state index in [1.807, 2.05) is 0 Å². The van der Waals surface area contributed by atoms with Crippen LogP contribution in [0.4, 0.5) is 0 Å². The van der Waals surface area contributed by atoms with Gasteiger partial charge in [0.15, 0.2) is 9.84 Å². The summed E-state index contributed by atoms with van der Waals surface area (Å²) in [6.45, 7) is 7.84. The molecular weight excluding hydrogens is 234 g/mol. The summed E-state index contributed by atoms with van der Waals surface area (Å²) in [7, 11) is -0.516. The summed E-state index contributed by atoms with van der Waals surface area (Å²) in [6.07, 6.45) is 3.29. The monoisotopic (exact) mass is 259 g/mol. The van der Waals surface area contributed by atoms with Crippen LogP contribution in [0, 0.1) is 10.8 Å². The van der Waals surface area contributed by atoms with Crippen LogP contribution in [0.15, 0.2) is 0 Å². The van der Waals surface area contributed by atoms with Gasteiger partial charge < -0.3 is 4.90 Å². The van der Waals surface area contributed by atoms with Crippen molar-refractivity contribution in [3.63, 3.8) is 0 Å². The highest BCUT2D eigenvalue weighted by Crippen LogP contribution is 2.45. The molecule has 0 radical (unpaired) electrons. The van der Waals surface area contributed by atoms with Gasteiger partial charge in [0.2, 0.25) is 0 Å². The SMILES string of the molecule is CN1CCC2(CC1CC(C)(C)C)CS(=O)(=O)C2. The average Bonchev–Trinajstić information content (AvgIpc) is 2.05. The molecule has 100 valence electrons. The first-order valence-corrected chi connectivity index (χ1v) is 8.34. The smallest absolute Gasteiger partial charge is 0.151 e. The van der Waals surface area contributed by atoms with Gasteiger partial charge in [-0.05, 0) is 38.3 Å². The van der Waals surface area contributed by atoms with E-state index in [9.17, 15) is 8.42 Å². The quantitative estimate of drug-likeness (QED) is 0.722. The minimum Gasteiger partial charge on any atom is -0.303 e. The minimum atomic E-state index is -2.69. The zero-order chi connectivity index (χ0) is 12.9. The molecule has 0 aromatic carbocycles. The molecule has 2 rings (SSSR count). The van der Waals surface area contributed by atoms with E-state index in [1.54, 1.807) is 0 Å². The van der Waals surface area contributed by atoms with E-state index in [2.05, 4.69) is 32.7 Å². The van der Waals surface area contributed by atoms with Gasteiger partial charge in [0.05, 0.1) is 11.5 Å². The van der Waals surface area contributed by atoms with Gasteiger partial charge in [0.25, 0.3) is 0 Å². The maximum atomic E-state index is 11.4. The third-order valence-electron chi connectivity index (χ3n) is 4.19. The van der Waals surface area contributed by atoms with Gasteiger partial charge >= 0.3 is 0 Å². The third-order valence-corrected chi connectivity index (χ3v) is 6.29. The number of nitrogens with zero attached hydrogens (tertiary/aromatic N) is 1. The van der Waals surface area contributed by atoms with Crippen molar-refractivity contribution < 1.29 is 8.42 Å². The Morgan fingerprint density at radius 1 is 1.29 bits per heavy atom. The lowest BCUT2D eigenvalue weighted by molar-refractivity contribution is 0.0622. The Morgan fingerprint density at radius 3 is 2.35 bits per heavy atom. The molecule has 0 aliphatic carbocycles. The summed E-state index contributed by atoms with van der Waals surface area (Å²) in [5.74, 6) is 0.878. The van der Waals surface area contributed by atoms with E-state index < -0.39 is 9.84 Å². The van der Waals surface area contributed by atoms with E-state index >= 15 is 0 Å². The molecule has 0 bridgehead atoms. The van der Waals surface area contributed by atoms with Gasteiger partial charge in [-0.1, -0.05) is 20.8 Å². The summed E-state index contributed by atoms with van der Waals surface area (Å²) in [6, 6.07) is 0.555. The summed E-state index contributed by atoms with van der Waals surface area (Å²) in [5.41, 5.74) is 0.446. The van der Waals surface area contributed by atoms with E-state index in [0.717, 1.165) is 25.8 Å². The van der Waals surface area contributed by atoms with Crippen LogP contribution < -0.4 is 0 Å². The molecule has 1 spiro atoms. The molecule has 4 heteroatoms. The Kier molecular flexibility index (Phi) is 3.10. The number of rotatable bonds is 1. The zero-order valence-electron chi connectivity index (χ0n) is 11.5. The number of hydrogen-bond acceptors (Lipinski definition) is 3. The lowest BCUT2D eigenvalue weighted by atomic mass is 9.74. The Bertz CT molecular complexity index is 382. The fourth-order valence-corrected chi connectivity index (χ4v) is 5.75. The van der Waals surface area contributed by atoms with Crippen LogP contribution in [0.25, 0.3) is 0 Å². The van der Waals surface area contributed by atoms with Crippen molar-refractivity contribution in [2.24, 2.45) is 10.8 Å². The molecule has 0 aromatic rings. The van der Waals surface area contributed by atoms with Crippen LogP contribution in [0.5, 0.6) is 0 Å². The van der Waals surface area contributed by atoms with Crippen LogP contribution in [0.1, 0.15) is 40.0 Å². The molecule has 0 amide bonds. The lowest BCUT2D eigenvalue weighted by Crippen LogP contribution is -2.57. The van der Waals surface area contributed by atoms with Gasteiger partial charge in [-0.15, -0.1) is 0 Å². The average molecular weight is 259 g/mol. The van der Waals surface area contributed by atoms with Crippen LogP contribution in [-0.4, -0.2) is 44.5 Å². The Labute approximate surface area is 105 Å². The van der Waals surface area contributed by atoms with Crippen molar-refractivity contribution in [3.05, 3.63) is 0 Å². The summed E-state index contributed by atoms with van der Waals surface area (Å²) >= 11 is 0. The number of piperidine rings is 1. The van der Waals surface area contributed by atoms with Crippen LogP contribution in [-0.2, 0) is 9.84 Å². The van der Waals surface area contributed by atoms with E-state index in [-0.39, 0.29) is 5.41 Å². The lowest BCUT2D eigenvalue weighted by Gasteiger charge is -2.51. The van der Waals surface area contributed by atoms with Crippen LogP contribution >= 0.6 is 0 Å². The second-order valence-corrected chi connectivity index (χ2v) is 9.45. The summed E-state index contributed by atoms with van der Waals surface area (Å²) in [5, 5.41) is 0. The van der Waals surface area contributed by atoms with Crippen molar-refractivity contribution in [1.29, 1.82) is 0 Å². The molecule has 3 nitrogen and oxygen atoms in total. The number of hydrogen-bond donors (Lipinski definition) is 0. The Hall–Kier alpha value is -0.0900. The van der Waals surface area contributed by atoms with Crippen LogP contribution in [0.2, 0.25) is 0 Å². The molecule has 2 heterocycles. The predicted molar refractivity (Wildman–Crippen MR) is 70.8 cm³/mol. The Morgan fingerprint density at radius 2 is 1.88 bits per heavy atom. The van der Waals surface area contributed by atoms with Crippen molar-refractivity contribution in [2.45, 2.75) is 46.1 Å². The van der Waals surface area contributed by atoms with Crippen molar-refractivity contribution in [3.8, 4) is 0 Å². The Balaban J connectivity index is 2.03. The highest BCUT2D eigenvalue weighted by molar-refractivity contribution is 7.92. The normalized spacial score (nSPS) is 32.4. The van der Waals surface area contributed by atoms with Gasteiger partial charge in [-0.25, -0.2) is 8.42 Å². The fraction of sp³-hybridized carbons (Fsp3) is 1.00. The minimum absolute atomic E-state index is 0.126. The summed E-state index contributed by atoms with van der Waals surface area (Å²) in [4.78, 5) is 2.42.